The molecule has 0 fully saturated rings. The van der Waals surface area contributed by atoms with Gasteiger partial charge in [-0.1, -0.05) is 12.1 Å². The van der Waals surface area contributed by atoms with Gasteiger partial charge in [0, 0.05) is 24.5 Å². The van der Waals surface area contributed by atoms with Crippen molar-refractivity contribution in [3.63, 3.8) is 0 Å². The third-order valence-electron chi connectivity index (χ3n) is 3.26. The Bertz CT molecular complexity index is 659. The zero-order valence-corrected chi connectivity index (χ0v) is 12.2. The fourth-order valence-electron chi connectivity index (χ4n) is 2.03. The normalized spacial score (nSPS) is 14.0. The van der Waals surface area contributed by atoms with E-state index >= 15 is 0 Å². The van der Waals surface area contributed by atoms with Gasteiger partial charge < -0.3 is 31.0 Å². The van der Waals surface area contributed by atoms with Crippen LogP contribution in [0.3, 0.4) is 0 Å². The number of hydrogen-bond donors (Lipinski definition) is 5. The van der Waals surface area contributed by atoms with E-state index in [2.05, 4.69) is 10.3 Å². The number of nitrogens with two attached hydrogens (primary N) is 1. The lowest BCUT2D eigenvalue weighted by Crippen LogP contribution is -2.34. The van der Waals surface area contributed by atoms with Crippen LogP contribution < -0.4 is 16.5 Å². The van der Waals surface area contributed by atoms with Crippen LogP contribution in [0.5, 0.6) is 0 Å². The number of aliphatic hydroxyl groups is 2. The number of H-pyrrole nitrogens is 1. The van der Waals surface area contributed by atoms with Crippen molar-refractivity contribution in [1.82, 2.24) is 4.98 Å². The molecule has 22 heavy (non-hydrogen) atoms. The van der Waals surface area contributed by atoms with Crippen LogP contribution in [0.15, 0.2) is 35.1 Å². The Kier molecular flexibility index (Phi) is 5.91. The summed E-state index contributed by atoms with van der Waals surface area (Å²) in [6.45, 7) is 0.281. The first-order valence-electron chi connectivity index (χ1n) is 7.10. The van der Waals surface area contributed by atoms with E-state index in [1.807, 2.05) is 18.2 Å². The van der Waals surface area contributed by atoms with Gasteiger partial charge in [-0.15, -0.1) is 0 Å². The van der Waals surface area contributed by atoms with Crippen LogP contribution >= 0.6 is 0 Å². The Balaban J connectivity index is 1.99. The third kappa shape index (κ3) is 4.28. The second kappa shape index (κ2) is 7.90. The summed E-state index contributed by atoms with van der Waals surface area (Å²) in [7, 11) is 0. The first-order valence-corrected chi connectivity index (χ1v) is 7.10. The number of anilines is 1. The van der Waals surface area contributed by atoms with Crippen LogP contribution in [0.1, 0.15) is 0 Å². The molecule has 2 rings (SSSR count). The highest BCUT2D eigenvalue weighted by molar-refractivity contribution is 5.79. The number of pyridine rings is 1. The number of benzene rings is 1. The monoisotopic (exact) mass is 307 g/mol. The number of ether oxygens (including phenoxy) is 1. The molecule has 1 heterocycles. The number of aliphatic hydroxyl groups excluding tert-OH is 2. The molecule has 0 radical (unpaired) electrons. The molecule has 2 atom stereocenters. The van der Waals surface area contributed by atoms with Crippen LogP contribution in [-0.2, 0) is 4.74 Å². The Morgan fingerprint density at radius 3 is 2.86 bits per heavy atom. The van der Waals surface area contributed by atoms with Crippen molar-refractivity contribution in [2.75, 3.05) is 31.6 Å². The van der Waals surface area contributed by atoms with Gasteiger partial charge in [-0.25, -0.2) is 0 Å². The first-order chi connectivity index (χ1) is 10.6. The van der Waals surface area contributed by atoms with Gasteiger partial charge in [-0.2, -0.15) is 0 Å². The highest BCUT2D eigenvalue weighted by Crippen LogP contribution is 2.10. The fraction of sp³-hybridized carbons (Fsp3) is 0.400. The molecule has 7 nitrogen and oxygen atoms in total. The van der Waals surface area contributed by atoms with Crippen molar-refractivity contribution in [3.05, 3.63) is 40.6 Å². The highest BCUT2D eigenvalue weighted by Gasteiger charge is 2.11. The van der Waals surface area contributed by atoms with E-state index in [0.717, 1.165) is 5.52 Å². The summed E-state index contributed by atoms with van der Waals surface area (Å²) in [5.41, 5.74) is 6.28. The van der Waals surface area contributed by atoms with Crippen molar-refractivity contribution in [3.8, 4) is 0 Å². The summed E-state index contributed by atoms with van der Waals surface area (Å²) in [6, 6.07) is 8.74. The Hall–Kier alpha value is -1.93. The second-order valence-corrected chi connectivity index (χ2v) is 5.00. The van der Waals surface area contributed by atoms with Crippen LogP contribution in [0.2, 0.25) is 0 Å². The van der Waals surface area contributed by atoms with E-state index in [-0.39, 0.29) is 31.3 Å². The smallest absolute Gasteiger partial charge is 0.191 e. The molecule has 6 N–H and O–H groups in total. The maximum absolute atomic E-state index is 12.0. The van der Waals surface area contributed by atoms with E-state index in [4.69, 9.17) is 15.6 Å². The van der Waals surface area contributed by atoms with E-state index in [1.165, 1.54) is 6.07 Å². The SMILES string of the molecule is NCC(CNc1cc(=O)c2ccccc2[nH]1)OCC(O)CO. The number of nitrogens with one attached hydrogen (secondary N) is 2. The van der Waals surface area contributed by atoms with Gasteiger partial charge in [0.15, 0.2) is 5.43 Å². The van der Waals surface area contributed by atoms with Gasteiger partial charge in [0.05, 0.1) is 24.8 Å². The maximum Gasteiger partial charge on any atom is 0.191 e. The number of aromatic nitrogens is 1. The van der Waals surface area contributed by atoms with Gasteiger partial charge in [0.1, 0.15) is 11.9 Å². The minimum absolute atomic E-state index is 0.00822. The average Bonchev–Trinajstić information content (AvgIpc) is 2.54. The van der Waals surface area contributed by atoms with E-state index < -0.39 is 6.10 Å². The molecule has 0 saturated carbocycles. The van der Waals surface area contributed by atoms with Gasteiger partial charge in [-0.05, 0) is 12.1 Å². The van der Waals surface area contributed by atoms with Gasteiger partial charge in [0.25, 0.3) is 0 Å². The number of aromatic amines is 1. The van der Waals surface area contributed by atoms with E-state index in [9.17, 15) is 9.90 Å². The topological polar surface area (TPSA) is 121 Å². The molecule has 0 spiro atoms. The lowest BCUT2D eigenvalue weighted by Gasteiger charge is -2.19. The molecule has 0 aliphatic carbocycles. The molecule has 2 aromatic rings. The minimum atomic E-state index is -0.922. The highest BCUT2D eigenvalue weighted by atomic mass is 16.5. The molecule has 1 aromatic heterocycles. The maximum atomic E-state index is 12.0. The summed E-state index contributed by atoms with van der Waals surface area (Å²) in [5.74, 6) is 0.577. The van der Waals surface area contributed by atoms with Gasteiger partial charge in [0.2, 0.25) is 0 Å². The Morgan fingerprint density at radius 1 is 1.36 bits per heavy atom. The summed E-state index contributed by atoms with van der Waals surface area (Å²) in [4.78, 5) is 15.1. The van der Waals surface area contributed by atoms with Crippen LogP contribution in [0.25, 0.3) is 10.9 Å². The molecule has 1 aromatic carbocycles. The molecule has 0 aliphatic rings. The first kappa shape index (κ1) is 16.4. The molecular weight excluding hydrogens is 286 g/mol. The predicted octanol–water partition coefficient (Wildman–Crippen LogP) is -0.363. The molecule has 2 unspecified atom stereocenters. The number of hydrogen-bond acceptors (Lipinski definition) is 6. The standard InChI is InChI=1S/C15H21N3O4/c16-6-11(22-9-10(20)8-19)7-17-15-5-14(21)12-3-1-2-4-13(12)18-15/h1-5,10-11,19-20H,6-9,16H2,(H2,17,18,21). The quantitative estimate of drug-likeness (QED) is 0.454. The average molecular weight is 307 g/mol. The molecule has 7 heteroatoms. The lowest BCUT2D eigenvalue weighted by atomic mass is 10.2. The minimum Gasteiger partial charge on any atom is -0.394 e. The van der Waals surface area contributed by atoms with E-state index in [0.29, 0.717) is 17.7 Å². The summed E-state index contributed by atoms with van der Waals surface area (Å²) >= 11 is 0. The van der Waals surface area contributed by atoms with E-state index in [1.54, 1.807) is 6.07 Å². The molecule has 0 amide bonds. The van der Waals surface area contributed by atoms with Crippen LogP contribution in [0, 0.1) is 0 Å². The van der Waals surface area contributed by atoms with Crippen molar-refractivity contribution < 1.29 is 14.9 Å². The summed E-state index contributed by atoms with van der Waals surface area (Å²) in [6.07, 6.45) is -1.26. The number of rotatable bonds is 8. The summed E-state index contributed by atoms with van der Waals surface area (Å²) in [5, 5.41) is 21.7. The van der Waals surface area contributed by atoms with Gasteiger partial charge >= 0.3 is 0 Å². The number of fused-ring (bicyclic) bond motifs is 1. The molecule has 0 aliphatic heterocycles. The Morgan fingerprint density at radius 2 is 2.14 bits per heavy atom. The van der Waals surface area contributed by atoms with Crippen LogP contribution in [0.4, 0.5) is 5.82 Å². The zero-order chi connectivity index (χ0) is 15.9. The largest absolute Gasteiger partial charge is 0.394 e. The third-order valence-corrected chi connectivity index (χ3v) is 3.26. The van der Waals surface area contributed by atoms with Gasteiger partial charge in [-0.3, -0.25) is 4.79 Å². The van der Waals surface area contributed by atoms with Crippen molar-refractivity contribution >= 4 is 16.7 Å². The Labute approximate surface area is 127 Å². The number of para-hydroxylation sites is 1. The summed E-state index contributed by atoms with van der Waals surface area (Å²) < 4.78 is 5.39. The lowest BCUT2D eigenvalue weighted by molar-refractivity contribution is -0.0212. The van der Waals surface area contributed by atoms with Crippen molar-refractivity contribution in [2.45, 2.75) is 12.2 Å². The fourth-order valence-corrected chi connectivity index (χ4v) is 2.03. The van der Waals surface area contributed by atoms with Crippen LogP contribution in [-0.4, -0.2) is 53.7 Å². The molecule has 0 bridgehead atoms. The van der Waals surface area contributed by atoms with Crippen molar-refractivity contribution in [1.29, 1.82) is 0 Å². The molecular formula is C15H21N3O4. The second-order valence-electron chi connectivity index (χ2n) is 5.00. The molecule has 120 valence electrons. The zero-order valence-electron chi connectivity index (χ0n) is 12.2. The molecule has 0 saturated heterocycles. The predicted molar refractivity (Wildman–Crippen MR) is 84.9 cm³/mol. The van der Waals surface area contributed by atoms with Crippen molar-refractivity contribution in [2.24, 2.45) is 5.73 Å².